The number of rotatable bonds is 1. The Labute approximate surface area is 113 Å². The minimum Gasteiger partial charge on any atom is -0.398 e. The number of nitrogens with zero attached hydrogens (tertiary/aromatic N) is 1. The van der Waals surface area contributed by atoms with Crippen LogP contribution in [0.25, 0.3) is 0 Å². The standard InChI is InChI=1S/C13H13N3O3/c14-9-3-1-2-7-8(9)6-16(13(7)19)10-4-5-11(17)15-12(10)18/h1-3,10H,4-6,14H2,(H,15,17,18)/t10-/m1/s1/i4D2,10D. The Morgan fingerprint density at radius 3 is 2.89 bits per heavy atom. The molecule has 1 atom stereocenters. The van der Waals surface area contributed by atoms with Crippen LogP contribution in [0.5, 0.6) is 0 Å². The van der Waals surface area contributed by atoms with Crippen LogP contribution in [0.4, 0.5) is 5.69 Å². The highest BCUT2D eigenvalue weighted by atomic mass is 16.2. The number of benzene rings is 1. The molecule has 2 aliphatic rings. The quantitative estimate of drug-likeness (QED) is 0.551. The lowest BCUT2D eigenvalue weighted by molar-refractivity contribution is -0.136. The number of nitrogen functional groups attached to an aromatic ring is 1. The van der Waals surface area contributed by atoms with Gasteiger partial charge >= 0.3 is 0 Å². The molecule has 0 radical (unpaired) electrons. The normalized spacial score (nSPS) is 31.3. The van der Waals surface area contributed by atoms with Crippen molar-refractivity contribution in [2.24, 2.45) is 0 Å². The van der Waals surface area contributed by atoms with E-state index in [9.17, 15) is 14.4 Å². The van der Waals surface area contributed by atoms with Gasteiger partial charge in [-0.3, -0.25) is 19.7 Å². The Bertz CT molecular complexity index is 722. The molecule has 3 N–H and O–H groups in total. The van der Waals surface area contributed by atoms with Gasteiger partial charge in [0.15, 0.2) is 0 Å². The maximum atomic E-state index is 12.5. The average molecular weight is 262 g/mol. The van der Waals surface area contributed by atoms with Crippen molar-refractivity contribution in [1.29, 1.82) is 0 Å². The van der Waals surface area contributed by atoms with Crippen LogP contribution in [-0.2, 0) is 16.1 Å². The highest BCUT2D eigenvalue weighted by Crippen LogP contribution is 2.30. The fourth-order valence-electron chi connectivity index (χ4n) is 2.23. The van der Waals surface area contributed by atoms with Gasteiger partial charge in [-0.25, -0.2) is 0 Å². The smallest absolute Gasteiger partial charge is 0.255 e. The molecule has 0 saturated carbocycles. The van der Waals surface area contributed by atoms with Gasteiger partial charge < -0.3 is 10.6 Å². The summed E-state index contributed by atoms with van der Waals surface area (Å²) in [6, 6.07) is 2.15. The molecule has 1 fully saturated rings. The second-order valence-electron chi connectivity index (χ2n) is 4.34. The van der Waals surface area contributed by atoms with Crippen molar-refractivity contribution < 1.29 is 18.5 Å². The predicted molar refractivity (Wildman–Crippen MR) is 66.9 cm³/mol. The third kappa shape index (κ3) is 1.76. The van der Waals surface area contributed by atoms with Crippen LogP contribution in [0.2, 0.25) is 0 Å². The molecule has 6 nitrogen and oxygen atoms in total. The Morgan fingerprint density at radius 1 is 1.42 bits per heavy atom. The summed E-state index contributed by atoms with van der Waals surface area (Å²) in [6.45, 7) is -0.147. The molecular weight excluding hydrogens is 246 g/mol. The van der Waals surface area contributed by atoms with Gasteiger partial charge in [0.05, 0.1) is 1.37 Å². The highest BCUT2D eigenvalue weighted by Gasteiger charge is 2.39. The van der Waals surface area contributed by atoms with E-state index >= 15 is 0 Å². The Balaban J connectivity index is 2.08. The van der Waals surface area contributed by atoms with Crippen LogP contribution in [0.15, 0.2) is 18.2 Å². The topological polar surface area (TPSA) is 92.5 Å². The number of carbonyl (C=O) groups excluding carboxylic acids is 3. The number of nitrogens with two attached hydrogens (primary N) is 1. The van der Waals surface area contributed by atoms with Crippen LogP contribution in [0.1, 0.15) is 32.8 Å². The van der Waals surface area contributed by atoms with Crippen molar-refractivity contribution in [2.75, 3.05) is 5.73 Å². The molecule has 1 saturated heterocycles. The van der Waals surface area contributed by atoms with Gasteiger partial charge in [0.25, 0.3) is 5.91 Å². The lowest BCUT2D eigenvalue weighted by Gasteiger charge is -2.29. The molecule has 6 heteroatoms. The van der Waals surface area contributed by atoms with Crippen molar-refractivity contribution in [1.82, 2.24) is 10.2 Å². The van der Waals surface area contributed by atoms with Gasteiger partial charge in [0.1, 0.15) is 6.02 Å². The van der Waals surface area contributed by atoms with E-state index in [2.05, 4.69) is 0 Å². The fourth-order valence-corrected chi connectivity index (χ4v) is 2.23. The fraction of sp³-hybridized carbons (Fsp3) is 0.308. The molecule has 19 heavy (non-hydrogen) atoms. The predicted octanol–water partition coefficient (Wildman–Crippen LogP) is 0.0298. The number of hydrogen-bond donors (Lipinski definition) is 2. The number of imide groups is 1. The molecule has 0 bridgehead atoms. The summed E-state index contributed by atoms with van der Waals surface area (Å²) in [5.41, 5.74) is 6.84. The second-order valence-corrected chi connectivity index (χ2v) is 4.34. The Hall–Kier alpha value is -2.37. The number of nitrogens with one attached hydrogen (secondary N) is 1. The summed E-state index contributed by atoms with van der Waals surface area (Å²) in [4.78, 5) is 36.8. The molecule has 98 valence electrons. The number of fused-ring (bicyclic) bond motifs is 1. The van der Waals surface area contributed by atoms with Crippen molar-refractivity contribution >= 4 is 23.4 Å². The SMILES string of the molecule is [2H]C1([2H])CC(=O)NC(=O)[C@]1([2H])N1Cc2c(N)cccc2C1=O. The monoisotopic (exact) mass is 262 g/mol. The molecule has 3 rings (SSSR count). The number of amides is 3. The first kappa shape index (κ1) is 8.68. The summed E-state index contributed by atoms with van der Waals surface area (Å²) in [5, 5.41) is 1.93. The minimum absolute atomic E-state index is 0.147. The van der Waals surface area contributed by atoms with Gasteiger partial charge in [-0.15, -0.1) is 0 Å². The Morgan fingerprint density at radius 2 is 2.21 bits per heavy atom. The van der Waals surface area contributed by atoms with E-state index in [1.54, 1.807) is 12.1 Å². The van der Waals surface area contributed by atoms with E-state index in [1.165, 1.54) is 6.07 Å². The third-order valence-electron chi connectivity index (χ3n) is 3.16. The molecule has 2 heterocycles. The van der Waals surface area contributed by atoms with Crippen molar-refractivity contribution in [3.05, 3.63) is 29.3 Å². The van der Waals surface area contributed by atoms with Crippen molar-refractivity contribution in [3.8, 4) is 0 Å². The molecule has 1 aromatic carbocycles. The largest absolute Gasteiger partial charge is 0.398 e. The lowest BCUT2D eigenvalue weighted by atomic mass is 10.0. The van der Waals surface area contributed by atoms with E-state index in [4.69, 9.17) is 9.85 Å². The summed E-state index contributed by atoms with van der Waals surface area (Å²) >= 11 is 0. The zero-order chi connectivity index (χ0) is 16.3. The first-order valence-electron chi connectivity index (χ1n) is 7.22. The van der Waals surface area contributed by atoms with Crippen molar-refractivity contribution in [3.63, 3.8) is 0 Å². The molecule has 3 amide bonds. The summed E-state index contributed by atoms with van der Waals surface area (Å²) < 4.78 is 24.2. The number of anilines is 1. The maximum Gasteiger partial charge on any atom is 0.255 e. The van der Waals surface area contributed by atoms with Crippen LogP contribution < -0.4 is 11.1 Å². The molecule has 0 spiro atoms. The first-order chi connectivity index (χ1) is 10.2. The Kier molecular flexibility index (Phi) is 1.87. The van der Waals surface area contributed by atoms with E-state index in [0.29, 0.717) is 11.3 Å². The van der Waals surface area contributed by atoms with Gasteiger partial charge in [0, 0.05) is 32.5 Å². The lowest BCUT2D eigenvalue weighted by Crippen LogP contribution is -2.52. The van der Waals surface area contributed by atoms with Gasteiger partial charge in [0.2, 0.25) is 11.8 Å². The zero-order valence-electron chi connectivity index (χ0n) is 12.9. The highest BCUT2D eigenvalue weighted by molar-refractivity contribution is 6.06. The first-order valence-corrected chi connectivity index (χ1v) is 5.72. The molecule has 2 aliphatic heterocycles. The van der Waals surface area contributed by atoms with E-state index in [0.717, 1.165) is 4.90 Å². The zero-order valence-corrected chi connectivity index (χ0v) is 9.90. The van der Waals surface area contributed by atoms with Crippen LogP contribution >= 0.6 is 0 Å². The number of piperidine rings is 1. The number of hydrogen-bond acceptors (Lipinski definition) is 4. The molecule has 0 aliphatic carbocycles. The molecule has 0 unspecified atom stereocenters. The summed E-state index contributed by atoms with van der Waals surface area (Å²) in [7, 11) is 0. The molecule has 1 aromatic rings. The van der Waals surface area contributed by atoms with Gasteiger partial charge in [-0.2, -0.15) is 0 Å². The molecular formula is C13H13N3O3. The van der Waals surface area contributed by atoms with Crippen molar-refractivity contribution in [2.45, 2.75) is 25.4 Å². The maximum absolute atomic E-state index is 12.5. The summed E-state index contributed by atoms with van der Waals surface area (Å²) in [6.07, 6.45) is -3.17. The van der Waals surface area contributed by atoms with Crippen LogP contribution in [-0.4, -0.2) is 28.6 Å². The van der Waals surface area contributed by atoms with E-state index in [-0.39, 0.29) is 12.1 Å². The van der Waals surface area contributed by atoms with E-state index in [1.807, 2.05) is 5.32 Å². The minimum atomic E-state index is -2.52. The van der Waals surface area contributed by atoms with Gasteiger partial charge in [-0.1, -0.05) is 6.07 Å². The second kappa shape index (κ2) is 4.08. The van der Waals surface area contributed by atoms with E-state index < -0.39 is 36.5 Å². The summed E-state index contributed by atoms with van der Waals surface area (Å²) in [5.74, 6) is -2.60. The van der Waals surface area contributed by atoms with Gasteiger partial charge in [-0.05, 0) is 18.5 Å². The average Bonchev–Trinajstić information content (AvgIpc) is 2.75. The van der Waals surface area contributed by atoms with Crippen LogP contribution in [0.3, 0.4) is 0 Å². The van der Waals surface area contributed by atoms with Crippen LogP contribution in [0, 0.1) is 0 Å². The molecule has 0 aromatic heterocycles. The third-order valence-corrected chi connectivity index (χ3v) is 3.16. The number of carbonyl (C=O) groups is 3.